The molecule has 2 heterocycles. The number of pyridine rings is 1. The lowest BCUT2D eigenvalue weighted by atomic mass is 10.1. The molecule has 0 aliphatic carbocycles. The predicted octanol–water partition coefficient (Wildman–Crippen LogP) is 3.41. The van der Waals surface area contributed by atoms with Gasteiger partial charge in [-0.2, -0.15) is 0 Å². The number of hydrogen-bond donors (Lipinski definition) is 1. The minimum atomic E-state index is 0.395. The third-order valence-electron chi connectivity index (χ3n) is 3.93. The fraction of sp³-hybridized carbons (Fsp3) is 0.278. The number of nitrogens with zero attached hydrogens (tertiary/aromatic N) is 2. The fourth-order valence-corrected chi connectivity index (χ4v) is 2.57. The largest absolute Gasteiger partial charge is 0.464 e. The predicted molar refractivity (Wildman–Crippen MR) is 90.1 cm³/mol. The molecule has 0 aliphatic heterocycles. The molecule has 3 aromatic rings. The molecule has 0 saturated heterocycles. The van der Waals surface area contributed by atoms with Crippen LogP contribution in [0.3, 0.4) is 0 Å². The maximum atomic E-state index is 5.42. The van der Waals surface area contributed by atoms with Gasteiger partial charge < -0.3 is 14.6 Å². The van der Waals surface area contributed by atoms with Gasteiger partial charge in [0.2, 0.25) is 0 Å². The van der Waals surface area contributed by atoms with Crippen molar-refractivity contribution < 1.29 is 4.42 Å². The second-order valence-corrected chi connectivity index (χ2v) is 5.68. The monoisotopic (exact) mass is 295 g/mol. The van der Waals surface area contributed by atoms with Gasteiger partial charge in [-0.25, -0.2) is 4.98 Å². The summed E-state index contributed by atoms with van der Waals surface area (Å²) >= 11 is 0. The average Bonchev–Trinajstić information content (AvgIpc) is 3.01. The van der Waals surface area contributed by atoms with Crippen LogP contribution >= 0.6 is 0 Å². The number of hydrogen-bond acceptors (Lipinski definition) is 4. The van der Waals surface area contributed by atoms with E-state index in [0.717, 1.165) is 29.8 Å². The first-order chi connectivity index (χ1) is 10.7. The summed E-state index contributed by atoms with van der Waals surface area (Å²) in [7, 11) is 4.22. The first-order valence-corrected chi connectivity index (χ1v) is 7.50. The van der Waals surface area contributed by atoms with Gasteiger partial charge in [0.05, 0.1) is 11.6 Å². The summed E-state index contributed by atoms with van der Waals surface area (Å²) in [6, 6.07) is 14.8. The molecule has 0 aliphatic rings. The lowest BCUT2D eigenvalue weighted by Gasteiger charge is -2.25. The molecule has 4 nitrogen and oxygen atoms in total. The molecule has 0 bridgehead atoms. The third kappa shape index (κ3) is 3.28. The maximum Gasteiger partial charge on any atom is 0.139 e. The summed E-state index contributed by atoms with van der Waals surface area (Å²) in [6.45, 7) is 0.833. The lowest BCUT2D eigenvalue weighted by Crippen LogP contribution is -2.36. The van der Waals surface area contributed by atoms with Crippen LogP contribution in [0, 0.1) is 0 Å². The summed E-state index contributed by atoms with van der Waals surface area (Å²) < 4.78 is 5.42. The molecule has 0 spiro atoms. The van der Waals surface area contributed by atoms with Crippen molar-refractivity contribution in [2.45, 2.75) is 12.5 Å². The second kappa shape index (κ2) is 6.62. The Balaban J connectivity index is 1.70. The van der Waals surface area contributed by atoms with Crippen LogP contribution in [0.15, 0.2) is 59.3 Å². The molecule has 4 heteroatoms. The van der Waals surface area contributed by atoms with E-state index in [1.807, 2.05) is 12.1 Å². The van der Waals surface area contributed by atoms with Crippen molar-refractivity contribution in [2.75, 3.05) is 26.0 Å². The van der Waals surface area contributed by atoms with Crippen LogP contribution in [-0.4, -0.2) is 36.6 Å². The number of benzene rings is 1. The van der Waals surface area contributed by atoms with Gasteiger partial charge in [-0.1, -0.05) is 30.3 Å². The van der Waals surface area contributed by atoms with E-state index in [-0.39, 0.29) is 0 Å². The van der Waals surface area contributed by atoms with Gasteiger partial charge in [0.1, 0.15) is 11.4 Å². The van der Waals surface area contributed by atoms with Crippen molar-refractivity contribution in [3.63, 3.8) is 0 Å². The second-order valence-electron chi connectivity index (χ2n) is 5.68. The number of likely N-dealkylation sites (N-methyl/N-ethyl adjacent to an activating group) is 1. The van der Waals surface area contributed by atoms with E-state index in [4.69, 9.17) is 4.42 Å². The molecule has 0 amide bonds. The van der Waals surface area contributed by atoms with Crippen LogP contribution in [0.1, 0.15) is 5.56 Å². The van der Waals surface area contributed by atoms with Crippen molar-refractivity contribution >= 4 is 16.8 Å². The zero-order valence-electron chi connectivity index (χ0n) is 13.0. The Kier molecular flexibility index (Phi) is 4.39. The first-order valence-electron chi connectivity index (χ1n) is 7.50. The Hall–Kier alpha value is -2.33. The molecule has 1 N–H and O–H groups in total. The van der Waals surface area contributed by atoms with E-state index < -0.39 is 0 Å². The number of furan rings is 1. The molecule has 1 atom stereocenters. The lowest BCUT2D eigenvalue weighted by molar-refractivity contribution is 0.303. The average molecular weight is 295 g/mol. The highest BCUT2D eigenvalue weighted by atomic mass is 16.3. The van der Waals surface area contributed by atoms with Gasteiger partial charge in [-0.05, 0) is 38.2 Å². The molecule has 0 radical (unpaired) electrons. The van der Waals surface area contributed by atoms with Crippen molar-refractivity contribution in [1.29, 1.82) is 0 Å². The summed E-state index contributed by atoms with van der Waals surface area (Å²) in [5.74, 6) is 0.881. The maximum absolute atomic E-state index is 5.42. The number of rotatable bonds is 6. The molecule has 1 aromatic carbocycles. The van der Waals surface area contributed by atoms with Crippen LogP contribution in [0.2, 0.25) is 0 Å². The topological polar surface area (TPSA) is 41.3 Å². The van der Waals surface area contributed by atoms with Gasteiger partial charge in [0, 0.05) is 18.8 Å². The Morgan fingerprint density at radius 1 is 1.14 bits per heavy atom. The molecule has 0 saturated carbocycles. The number of aromatic nitrogens is 1. The van der Waals surface area contributed by atoms with Crippen LogP contribution in [0.5, 0.6) is 0 Å². The van der Waals surface area contributed by atoms with E-state index in [0.29, 0.717) is 6.04 Å². The van der Waals surface area contributed by atoms with E-state index in [9.17, 15) is 0 Å². The van der Waals surface area contributed by atoms with Gasteiger partial charge >= 0.3 is 0 Å². The quantitative estimate of drug-likeness (QED) is 0.756. The van der Waals surface area contributed by atoms with Crippen molar-refractivity contribution in [3.8, 4) is 0 Å². The van der Waals surface area contributed by atoms with E-state index in [2.05, 4.69) is 59.6 Å². The van der Waals surface area contributed by atoms with Gasteiger partial charge in [-0.15, -0.1) is 0 Å². The molecule has 114 valence electrons. The van der Waals surface area contributed by atoms with Crippen molar-refractivity contribution in [3.05, 3.63) is 60.5 Å². The molecule has 0 fully saturated rings. The highest BCUT2D eigenvalue weighted by Crippen LogP contribution is 2.21. The highest BCUT2D eigenvalue weighted by molar-refractivity contribution is 5.87. The zero-order chi connectivity index (χ0) is 15.4. The zero-order valence-corrected chi connectivity index (χ0v) is 13.0. The minimum Gasteiger partial charge on any atom is -0.464 e. The van der Waals surface area contributed by atoms with Crippen LogP contribution in [-0.2, 0) is 6.42 Å². The van der Waals surface area contributed by atoms with Crippen LogP contribution in [0.25, 0.3) is 11.0 Å². The minimum absolute atomic E-state index is 0.395. The molecule has 0 unspecified atom stereocenters. The summed E-state index contributed by atoms with van der Waals surface area (Å²) in [6.07, 6.45) is 4.48. The summed E-state index contributed by atoms with van der Waals surface area (Å²) in [4.78, 5) is 6.67. The van der Waals surface area contributed by atoms with E-state index in [1.54, 1.807) is 12.5 Å². The summed E-state index contributed by atoms with van der Waals surface area (Å²) in [5, 5.41) is 4.49. The van der Waals surface area contributed by atoms with E-state index >= 15 is 0 Å². The molecular formula is C18H21N3O. The van der Waals surface area contributed by atoms with E-state index in [1.165, 1.54) is 5.56 Å². The van der Waals surface area contributed by atoms with Crippen LogP contribution in [0.4, 0.5) is 5.82 Å². The summed E-state index contributed by atoms with van der Waals surface area (Å²) in [5.41, 5.74) is 2.21. The van der Waals surface area contributed by atoms with Crippen molar-refractivity contribution in [2.24, 2.45) is 0 Å². The highest BCUT2D eigenvalue weighted by Gasteiger charge is 2.13. The van der Waals surface area contributed by atoms with Crippen molar-refractivity contribution in [1.82, 2.24) is 9.88 Å². The van der Waals surface area contributed by atoms with Gasteiger partial charge in [0.15, 0.2) is 0 Å². The standard InChI is InChI=1S/C18H21N3O/c1-21(2)15(12-14-6-4-3-5-7-14)13-20-18-16-9-11-22-17(16)8-10-19-18/h3-11,15H,12-13H2,1-2H3,(H,19,20)/t15-/m1/s1. The Morgan fingerprint density at radius 2 is 1.95 bits per heavy atom. The fourth-order valence-electron chi connectivity index (χ4n) is 2.57. The normalized spacial score (nSPS) is 12.7. The Morgan fingerprint density at radius 3 is 2.73 bits per heavy atom. The molecule has 3 rings (SSSR count). The number of anilines is 1. The van der Waals surface area contributed by atoms with Crippen LogP contribution < -0.4 is 5.32 Å². The molecule has 22 heavy (non-hydrogen) atoms. The first kappa shape index (κ1) is 14.6. The number of nitrogens with one attached hydrogen (secondary N) is 1. The van der Waals surface area contributed by atoms with Gasteiger partial charge in [0.25, 0.3) is 0 Å². The number of fused-ring (bicyclic) bond motifs is 1. The molecule has 2 aromatic heterocycles. The SMILES string of the molecule is CN(C)[C@@H](CNc1nccc2occc12)Cc1ccccc1. The Bertz CT molecular complexity index is 721. The third-order valence-corrected chi connectivity index (χ3v) is 3.93. The van der Waals surface area contributed by atoms with Gasteiger partial charge in [-0.3, -0.25) is 0 Å². The molecular weight excluding hydrogens is 274 g/mol. The smallest absolute Gasteiger partial charge is 0.139 e. The Labute approximate surface area is 130 Å².